The summed E-state index contributed by atoms with van der Waals surface area (Å²) in [6.45, 7) is 2.05. The van der Waals surface area contributed by atoms with Crippen LogP contribution in [0.15, 0.2) is 48.5 Å². The van der Waals surface area contributed by atoms with Gasteiger partial charge in [-0.2, -0.15) is 0 Å². The Balaban J connectivity index is 1.57. The molecule has 3 nitrogen and oxygen atoms in total. The van der Waals surface area contributed by atoms with Gasteiger partial charge in [0.15, 0.2) is 0 Å². The summed E-state index contributed by atoms with van der Waals surface area (Å²) in [5, 5.41) is 4.23. The highest BCUT2D eigenvalue weighted by molar-refractivity contribution is 7.18. The predicted molar refractivity (Wildman–Crippen MR) is 104 cm³/mol. The molecule has 1 heterocycles. The molecule has 1 saturated carbocycles. The SMILES string of the molecule is Cc1ccc(NC(=O)[C@@H]2CCCC[C@@H]2c2nc3ccccc3s2)cc1. The molecule has 2 atom stereocenters. The number of benzene rings is 2. The van der Waals surface area contributed by atoms with Gasteiger partial charge in [0, 0.05) is 17.5 Å². The second kappa shape index (κ2) is 6.96. The monoisotopic (exact) mass is 350 g/mol. The molecule has 0 saturated heterocycles. The molecule has 1 fully saturated rings. The Morgan fingerprint density at radius 2 is 1.84 bits per heavy atom. The maximum atomic E-state index is 12.9. The molecule has 25 heavy (non-hydrogen) atoms. The van der Waals surface area contributed by atoms with Crippen molar-refractivity contribution < 1.29 is 4.79 Å². The van der Waals surface area contributed by atoms with Crippen LogP contribution in [0, 0.1) is 12.8 Å². The van der Waals surface area contributed by atoms with Crippen molar-refractivity contribution in [1.82, 2.24) is 4.98 Å². The van der Waals surface area contributed by atoms with Crippen molar-refractivity contribution in [1.29, 1.82) is 0 Å². The van der Waals surface area contributed by atoms with Gasteiger partial charge in [-0.25, -0.2) is 4.98 Å². The number of carbonyl (C=O) groups excluding carboxylic acids is 1. The minimum atomic E-state index is 0.00983. The smallest absolute Gasteiger partial charge is 0.228 e. The molecule has 1 aliphatic rings. The lowest BCUT2D eigenvalue weighted by Gasteiger charge is -2.29. The van der Waals surface area contributed by atoms with Crippen molar-refractivity contribution in [2.24, 2.45) is 5.92 Å². The number of aromatic nitrogens is 1. The largest absolute Gasteiger partial charge is 0.326 e. The van der Waals surface area contributed by atoms with Crippen LogP contribution in [-0.4, -0.2) is 10.9 Å². The zero-order chi connectivity index (χ0) is 17.2. The van der Waals surface area contributed by atoms with Crippen LogP contribution in [0.2, 0.25) is 0 Å². The van der Waals surface area contributed by atoms with Crippen molar-refractivity contribution in [3.05, 3.63) is 59.1 Å². The Morgan fingerprint density at radius 3 is 2.64 bits per heavy atom. The summed E-state index contributed by atoms with van der Waals surface area (Å²) >= 11 is 1.74. The number of rotatable bonds is 3. The van der Waals surface area contributed by atoms with Gasteiger partial charge in [-0.05, 0) is 44.0 Å². The van der Waals surface area contributed by atoms with Crippen LogP contribution >= 0.6 is 11.3 Å². The molecule has 3 aromatic rings. The van der Waals surface area contributed by atoms with Gasteiger partial charge in [0.25, 0.3) is 0 Å². The summed E-state index contributed by atoms with van der Waals surface area (Å²) < 4.78 is 1.21. The van der Waals surface area contributed by atoms with Crippen LogP contribution in [0.3, 0.4) is 0 Å². The van der Waals surface area contributed by atoms with Crippen molar-refractivity contribution in [3.63, 3.8) is 0 Å². The number of hydrogen-bond donors (Lipinski definition) is 1. The van der Waals surface area contributed by atoms with E-state index in [9.17, 15) is 4.79 Å². The number of fused-ring (bicyclic) bond motifs is 1. The van der Waals surface area contributed by atoms with Crippen molar-refractivity contribution in [3.8, 4) is 0 Å². The molecule has 4 rings (SSSR count). The number of anilines is 1. The summed E-state index contributed by atoms with van der Waals surface area (Å²) in [6.07, 6.45) is 4.28. The molecule has 1 amide bonds. The normalized spacial score (nSPS) is 20.5. The fraction of sp³-hybridized carbons (Fsp3) is 0.333. The third-order valence-corrected chi connectivity index (χ3v) is 6.22. The summed E-state index contributed by atoms with van der Waals surface area (Å²) in [7, 11) is 0. The highest BCUT2D eigenvalue weighted by Crippen LogP contribution is 2.41. The minimum absolute atomic E-state index is 0.00983. The fourth-order valence-electron chi connectivity index (χ4n) is 3.66. The first-order valence-electron chi connectivity index (χ1n) is 8.94. The van der Waals surface area contributed by atoms with Gasteiger partial charge in [0.1, 0.15) is 0 Å². The lowest BCUT2D eigenvalue weighted by Crippen LogP contribution is -2.30. The molecule has 0 radical (unpaired) electrons. The van der Waals surface area contributed by atoms with E-state index in [-0.39, 0.29) is 17.7 Å². The summed E-state index contributed by atoms with van der Waals surface area (Å²) in [5.74, 6) is 0.375. The lowest BCUT2D eigenvalue weighted by atomic mass is 9.79. The summed E-state index contributed by atoms with van der Waals surface area (Å²) in [4.78, 5) is 17.7. The molecule has 0 aliphatic heterocycles. The van der Waals surface area contributed by atoms with Gasteiger partial charge in [0.05, 0.1) is 15.2 Å². The van der Waals surface area contributed by atoms with Gasteiger partial charge in [-0.15, -0.1) is 11.3 Å². The van der Waals surface area contributed by atoms with E-state index in [0.717, 1.165) is 35.5 Å². The Hall–Kier alpha value is -2.20. The van der Waals surface area contributed by atoms with Gasteiger partial charge in [0.2, 0.25) is 5.91 Å². The fourth-order valence-corrected chi connectivity index (χ4v) is 4.83. The van der Waals surface area contributed by atoms with Gasteiger partial charge < -0.3 is 5.32 Å². The number of nitrogens with one attached hydrogen (secondary N) is 1. The molecular formula is C21H22N2OS. The Labute approximate surface area is 152 Å². The van der Waals surface area contributed by atoms with Gasteiger partial charge in [-0.3, -0.25) is 4.79 Å². The molecule has 2 aromatic carbocycles. The average molecular weight is 350 g/mol. The summed E-state index contributed by atoms with van der Waals surface area (Å²) in [6, 6.07) is 16.2. The van der Waals surface area contributed by atoms with Crippen LogP contribution in [0.4, 0.5) is 5.69 Å². The predicted octanol–water partition coefficient (Wildman–Crippen LogP) is 5.52. The van der Waals surface area contributed by atoms with E-state index in [1.54, 1.807) is 11.3 Å². The second-order valence-corrected chi connectivity index (χ2v) is 7.93. The molecule has 1 aromatic heterocycles. The maximum Gasteiger partial charge on any atom is 0.228 e. The first-order valence-corrected chi connectivity index (χ1v) is 9.75. The Morgan fingerprint density at radius 1 is 1.08 bits per heavy atom. The van der Waals surface area contributed by atoms with E-state index in [0.29, 0.717) is 0 Å². The standard InChI is InChI=1S/C21H22N2OS/c1-14-10-12-15(13-11-14)22-20(24)16-6-2-3-7-17(16)21-23-18-8-4-5-9-19(18)25-21/h4-5,8-13,16-17H,2-3,6-7H2,1H3,(H,22,24)/t16-,17+/m1/s1. The van der Waals surface area contributed by atoms with E-state index >= 15 is 0 Å². The van der Waals surface area contributed by atoms with E-state index in [1.807, 2.05) is 36.4 Å². The van der Waals surface area contributed by atoms with E-state index in [4.69, 9.17) is 4.98 Å². The average Bonchev–Trinajstić information content (AvgIpc) is 3.07. The van der Waals surface area contributed by atoms with Crippen LogP contribution in [0.5, 0.6) is 0 Å². The van der Waals surface area contributed by atoms with E-state index in [1.165, 1.54) is 16.7 Å². The summed E-state index contributed by atoms with van der Waals surface area (Å²) in [5.41, 5.74) is 3.12. The van der Waals surface area contributed by atoms with Gasteiger partial charge >= 0.3 is 0 Å². The number of aryl methyl sites for hydroxylation is 1. The first-order chi connectivity index (χ1) is 12.2. The Kier molecular flexibility index (Phi) is 4.53. The van der Waals surface area contributed by atoms with Crippen LogP contribution in [-0.2, 0) is 4.79 Å². The molecule has 1 N–H and O–H groups in total. The van der Waals surface area contributed by atoms with E-state index < -0.39 is 0 Å². The first kappa shape index (κ1) is 16.3. The topological polar surface area (TPSA) is 42.0 Å². The molecule has 0 unspecified atom stereocenters. The van der Waals surface area contributed by atoms with E-state index in [2.05, 4.69) is 24.4 Å². The third-order valence-electron chi connectivity index (χ3n) is 5.05. The van der Waals surface area contributed by atoms with Crippen LogP contribution < -0.4 is 5.32 Å². The zero-order valence-corrected chi connectivity index (χ0v) is 15.2. The molecule has 0 spiro atoms. The molecule has 1 aliphatic carbocycles. The highest BCUT2D eigenvalue weighted by atomic mass is 32.1. The number of amides is 1. The number of thiazole rings is 1. The zero-order valence-electron chi connectivity index (χ0n) is 14.4. The van der Waals surface area contributed by atoms with Crippen molar-refractivity contribution in [2.45, 2.75) is 38.5 Å². The number of carbonyl (C=O) groups is 1. The number of hydrogen-bond acceptors (Lipinski definition) is 3. The quantitative estimate of drug-likeness (QED) is 0.676. The maximum absolute atomic E-state index is 12.9. The second-order valence-electron chi connectivity index (χ2n) is 6.87. The lowest BCUT2D eigenvalue weighted by molar-refractivity contribution is -0.121. The molecular weight excluding hydrogens is 328 g/mol. The number of nitrogens with zero attached hydrogens (tertiary/aromatic N) is 1. The minimum Gasteiger partial charge on any atom is -0.326 e. The molecule has 128 valence electrons. The molecule has 0 bridgehead atoms. The van der Waals surface area contributed by atoms with Crippen LogP contribution in [0.1, 0.15) is 42.2 Å². The molecule has 4 heteroatoms. The van der Waals surface area contributed by atoms with Crippen molar-refractivity contribution in [2.75, 3.05) is 5.32 Å². The third kappa shape index (κ3) is 3.45. The Bertz CT molecular complexity index is 851. The van der Waals surface area contributed by atoms with Crippen molar-refractivity contribution >= 4 is 33.1 Å². The highest BCUT2D eigenvalue weighted by Gasteiger charge is 2.34. The van der Waals surface area contributed by atoms with Crippen LogP contribution in [0.25, 0.3) is 10.2 Å². The number of para-hydroxylation sites is 1. The van der Waals surface area contributed by atoms with Gasteiger partial charge in [-0.1, -0.05) is 42.7 Å².